The molecule has 0 spiro atoms. The Bertz CT molecular complexity index is 748. The van der Waals surface area contributed by atoms with E-state index in [1.165, 1.54) is 25.1 Å². The molecule has 1 aliphatic rings. The van der Waals surface area contributed by atoms with Crippen molar-refractivity contribution >= 4 is 21.6 Å². The fraction of sp³-hybridized carbons (Fsp3) is 0.562. The maximum absolute atomic E-state index is 12.4. The average Bonchev–Trinajstić information content (AvgIpc) is 2.76. The number of hydrogen-bond acceptors (Lipinski definition) is 5. The molecule has 1 saturated heterocycles. The summed E-state index contributed by atoms with van der Waals surface area (Å²) in [6.07, 6.45) is 3.98. The van der Waals surface area contributed by atoms with Gasteiger partial charge in [-0.3, -0.25) is 14.9 Å². The van der Waals surface area contributed by atoms with Gasteiger partial charge >= 0.3 is 0 Å². The lowest BCUT2D eigenvalue weighted by Gasteiger charge is -2.20. The lowest BCUT2D eigenvalue weighted by atomic mass is 10.2. The lowest BCUT2D eigenvalue weighted by molar-refractivity contribution is -0.385. The van der Waals surface area contributed by atoms with Gasteiger partial charge in [0.15, 0.2) is 0 Å². The van der Waals surface area contributed by atoms with E-state index in [0.29, 0.717) is 19.4 Å². The Kier molecular flexibility index (Phi) is 6.49. The number of nitrogens with zero attached hydrogens (tertiary/aromatic N) is 2. The Morgan fingerprint density at radius 1 is 1.28 bits per heavy atom. The van der Waals surface area contributed by atoms with Gasteiger partial charge in [0.25, 0.3) is 5.69 Å². The number of nitro benzene ring substituents is 1. The Hall–Kier alpha value is -2.00. The average molecular weight is 369 g/mol. The summed E-state index contributed by atoms with van der Waals surface area (Å²) in [6.45, 7) is 2.82. The van der Waals surface area contributed by atoms with Crippen molar-refractivity contribution in [3.63, 3.8) is 0 Å². The van der Waals surface area contributed by atoms with Crippen LogP contribution in [0.2, 0.25) is 0 Å². The van der Waals surface area contributed by atoms with Gasteiger partial charge in [0.05, 0.1) is 9.82 Å². The molecule has 1 fully saturated rings. The van der Waals surface area contributed by atoms with Gasteiger partial charge in [0, 0.05) is 37.7 Å². The highest BCUT2D eigenvalue weighted by Crippen LogP contribution is 2.24. The molecule has 9 heteroatoms. The summed E-state index contributed by atoms with van der Waals surface area (Å²) in [7, 11) is -3.83. The Morgan fingerprint density at radius 2 is 2.04 bits per heavy atom. The van der Waals surface area contributed by atoms with E-state index in [4.69, 9.17) is 0 Å². The lowest BCUT2D eigenvalue weighted by Crippen LogP contribution is -2.34. The number of likely N-dealkylation sites (tertiary alicyclic amines) is 1. The van der Waals surface area contributed by atoms with E-state index in [1.54, 1.807) is 4.90 Å². The molecule has 1 heterocycles. The van der Waals surface area contributed by atoms with E-state index < -0.39 is 14.9 Å². The topological polar surface area (TPSA) is 110 Å². The monoisotopic (exact) mass is 369 g/mol. The minimum Gasteiger partial charge on any atom is -0.343 e. The van der Waals surface area contributed by atoms with Gasteiger partial charge in [-0.25, -0.2) is 13.1 Å². The molecule has 25 heavy (non-hydrogen) atoms. The maximum atomic E-state index is 12.4. The molecule has 0 atom stereocenters. The van der Waals surface area contributed by atoms with Crippen molar-refractivity contribution in [3.05, 3.63) is 33.9 Å². The molecule has 1 aromatic rings. The van der Waals surface area contributed by atoms with Crippen LogP contribution in [0.4, 0.5) is 5.69 Å². The molecule has 2 rings (SSSR count). The van der Waals surface area contributed by atoms with Crippen molar-refractivity contribution in [2.75, 3.05) is 19.6 Å². The first-order chi connectivity index (χ1) is 11.8. The van der Waals surface area contributed by atoms with Crippen LogP contribution in [-0.2, 0) is 14.8 Å². The summed E-state index contributed by atoms with van der Waals surface area (Å²) < 4.78 is 27.2. The quantitative estimate of drug-likeness (QED) is 0.449. The molecule has 138 valence electrons. The van der Waals surface area contributed by atoms with Crippen LogP contribution in [0.25, 0.3) is 0 Å². The van der Waals surface area contributed by atoms with Gasteiger partial charge in [-0.2, -0.15) is 0 Å². The van der Waals surface area contributed by atoms with Crippen molar-refractivity contribution in [1.82, 2.24) is 9.62 Å². The molecule has 0 aliphatic carbocycles. The number of amides is 1. The zero-order valence-electron chi connectivity index (χ0n) is 14.2. The third-order valence-corrected chi connectivity index (χ3v) is 5.92. The number of benzene rings is 1. The van der Waals surface area contributed by atoms with Crippen molar-refractivity contribution in [2.24, 2.45) is 0 Å². The summed E-state index contributed by atoms with van der Waals surface area (Å²) in [5.41, 5.74) is -0.110. The Balaban J connectivity index is 1.95. The van der Waals surface area contributed by atoms with Gasteiger partial charge in [0.1, 0.15) is 0 Å². The third kappa shape index (κ3) is 4.99. The summed E-state index contributed by atoms with van der Waals surface area (Å²) in [5, 5.41) is 10.9. The smallest absolute Gasteiger partial charge is 0.273 e. The van der Waals surface area contributed by atoms with Crippen molar-refractivity contribution in [3.8, 4) is 0 Å². The van der Waals surface area contributed by atoms with Crippen LogP contribution in [0.15, 0.2) is 23.1 Å². The number of sulfonamides is 1. The second kappa shape index (κ2) is 8.39. The minimum absolute atomic E-state index is 0.0902. The molecular weight excluding hydrogens is 346 g/mol. The van der Waals surface area contributed by atoms with Crippen molar-refractivity contribution in [2.45, 2.75) is 43.9 Å². The molecule has 1 N–H and O–H groups in total. The standard InChI is InChI=1S/C16H23N3O5S/c1-13-14(19(21)22)7-5-8-15(13)25(23,24)17-10-6-12-18-11-4-2-3-9-16(18)20/h5,7-8,17H,2-4,6,9-12H2,1H3. The molecule has 1 aliphatic heterocycles. The van der Waals surface area contributed by atoms with Gasteiger partial charge < -0.3 is 4.90 Å². The molecule has 8 nitrogen and oxygen atoms in total. The number of nitro groups is 1. The Labute approximate surface area is 147 Å². The fourth-order valence-electron chi connectivity index (χ4n) is 2.92. The van der Waals surface area contributed by atoms with Crippen molar-refractivity contribution < 1.29 is 18.1 Å². The summed E-state index contributed by atoms with van der Waals surface area (Å²) in [5.74, 6) is 0.120. The van der Waals surface area contributed by atoms with Crippen LogP contribution < -0.4 is 4.72 Å². The van der Waals surface area contributed by atoms with Crippen LogP contribution >= 0.6 is 0 Å². The van der Waals surface area contributed by atoms with E-state index in [1.807, 2.05) is 0 Å². The van der Waals surface area contributed by atoms with Crippen LogP contribution in [0.3, 0.4) is 0 Å². The maximum Gasteiger partial charge on any atom is 0.273 e. The fourth-order valence-corrected chi connectivity index (χ4v) is 4.25. The van der Waals surface area contributed by atoms with Crippen LogP contribution in [0.5, 0.6) is 0 Å². The third-order valence-electron chi connectivity index (χ3n) is 4.31. The van der Waals surface area contributed by atoms with Gasteiger partial charge in [-0.15, -0.1) is 0 Å². The highest BCUT2D eigenvalue weighted by atomic mass is 32.2. The Morgan fingerprint density at radius 3 is 2.76 bits per heavy atom. The zero-order chi connectivity index (χ0) is 18.4. The molecule has 0 radical (unpaired) electrons. The molecule has 0 unspecified atom stereocenters. The van der Waals surface area contributed by atoms with E-state index in [2.05, 4.69) is 4.72 Å². The molecular formula is C16H23N3O5S. The van der Waals surface area contributed by atoms with Gasteiger partial charge in [-0.05, 0) is 32.3 Å². The normalized spacial score (nSPS) is 15.9. The van der Waals surface area contributed by atoms with Crippen molar-refractivity contribution in [1.29, 1.82) is 0 Å². The highest BCUT2D eigenvalue weighted by Gasteiger charge is 2.22. The number of carbonyl (C=O) groups excluding carboxylic acids is 1. The van der Waals surface area contributed by atoms with Crippen LogP contribution in [0, 0.1) is 17.0 Å². The second-order valence-electron chi connectivity index (χ2n) is 6.10. The zero-order valence-corrected chi connectivity index (χ0v) is 15.0. The summed E-state index contributed by atoms with van der Waals surface area (Å²) in [6, 6.07) is 3.98. The number of rotatable bonds is 7. The number of nitrogens with one attached hydrogen (secondary N) is 1. The molecule has 1 aromatic carbocycles. The minimum atomic E-state index is -3.83. The highest BCUT2D eigenvalue weighted by molar-refractivity contribution is 7.89. The first kappa shape index (κ1) is 19.3. The van der Waals surface area contributed by atoms with E-state index in [0.717, 1.165) is 25.8 Å². The molecule has 1 amide bonds. The predicted molar refractivity (Wildman–Crippen MR) is 92.7 cm³/mol. The predicted octanol–water partition coefficient (Wildman–Crippen LogP) is 1.97. The first-order valence-corrected chi connectivity index (χ1v) is 9.82. The first-order valence-electron chi connectivity index (χ1n) is 8.34. The SMILES string of the molecule is Cc1c([N+](=O)[O-])cccc1S(=O)(=O)NCCCN1CCCCCC1=O. The summed E-state index contributed by atoms with van der Waals surface area (Å²) >= 11 is 0. The molecule has 0 saturated carbocycles. The van der Waals surface area contributed by atoms with Crippen LogP contribution in [0.1, 0.15) is 37.7 Å². The van der Waals surface area contributed by atoms with E-state index >= 15 is 0 Å². The number of carbonyl (C=O) groups is 1. The van der Waals surface area contributed by atoms with E-state index in [-0.39, 0.29) is 28.6 Å². The van der Waals surface area contributed by atoms with E-state index in [9.17, 15) is 23.3 Å². The molecule has 0 aromatic heterocycles. The summed E-state index contributed by atoms with van der Waals surface area (Å²) in [4.78, 5) is 23.9. The largest absolute Gasteiger partial charge is 0.343 e. The van der Waals surface area contributed by atoms with Gasteiger partial charge in [0.2, 0.25) is 15.9 Å². The van der Waals surface area contributed by atoms with Gasteiger partial charge in [-0.1, -0.05) is 12.5 Å². The molecule has 0 bridgehead atoms. The number of hydrogen-bond donors (Lipinski definition) is 1. The van der Waals surface area contributed by atoms with Crippen LogP contribution in [-0.4, -0.2) is 43.8 Å². The second-order valence-corrected chi connectivity index (χ2v) is 7.84.